The summed E-state index contributed by atoms with van der Waals surface area (Å²) >= 11 is 0. The van der Waals surface area contributed by atoms with Gasteiger partial charge in [0.05, 0.1) is 0 Å². The maximum absolute atomic E-state index is 11.3. The molecule has 0 aromatic rings. The van der Waals surface area contributed by atoms with Crippen molar-refractivity contribution in [3.63, 3.8) is 0 Å². The van der Waals surface area contributed by atoms with Crippen molar-refractivity contribution in [2.24, 2.45) is 0 Å². The summed E-state index contributed by atoms with van der Waals surface area (Å²) in [6, 6.07) is 0. The van der Waals surface area contributed by atoms with Gasteiger partial charge in [-0.05, 0) is 38.8 Å². The highest BCUT2D eigenvalue weighted by Gasteiger charge is 2.01. The molecule has 3 heteroatoms. The molecular formula is C12H24N2O. The van der Waals surface area contributed by atoms with Gasteiger partial charge in [-0.25, -0.2) is 0 Å². The van der Waals surface area contributed by atoms with Gasteiger partial charge in [0.15, 0.2) is 0 Å². The Morgan fingerprint density at radius 1 is 0.733 bits per heavy atom. The van der Waals surface area contributed by atoms with Gasteiger partial charge in [-0.3, -0.25) is 4.79 Å². The lowest BCUT2D eigenvalue weighted by Gasteiger charge is -2.08. The second-order valence-corrected chi connectivity index (χ2v) is 4.32. The van der Waals surface area contributed by atoms with Crippen molar-refractivity contribution in [2.45, 2.75) is 51.4 Å². The van der Waals surface area contributed by atoms with Crippen LogP contribution < -0.4 is 10.6 Å². The van der Waals surface area contributed by atoms with Gasteiger partial charge in [-0.15, -0.1) is 0 Å². The van der Waals surface area contributed by atoms with Gasteiger partial charge in [0.25, 0.3) is 0 Å². The molecule has 0 saturated carbocycles. The maximum Gasteiger partial charge on any atom is 0.219 e. The lowest BCUT2D eigenvalue weighted by molar-refractivity contribution is -0.121. The molecule has 0 aliphatic carbocycles. The molecule has 2 N–H and O–H groups in total. The van der Waals surface area contributed by atoms with Gasteiger partial charge >= 0.3 is 0 Å². The van der Waals surface area contributed by atoms with Crippen LogP contribution in [0.15, 0.2) is 0 Å². The molecule has 0 spiro atoms. The third kappa shape index (κ3) is 7.37. The number of rotatable bonds is 0. The Bertz CT molecular complexity index is 155. The Hall–Kier alpha value is -0.570. The van der Waals surface area contributed by atoms with Crippen LogP contribution in [0, 0.1) is 0 Å². The molecule has 0 aromatic carbocycles. The molecule has 1 heterocycles. The minimum absolute atomic E-state index is 0.236. The molecule has 1 aliphatic heterocycles. The van der Waals surface area contributed by atoms with Crippen LogP contribution in [-0.2, 0) is 4.79 Å². The Morgan fingerprint density at radius 2 is 1.33 bits per heavy atom. The molecule has 1 amide bonds. The molecular weight excluding hydrogens is 188 g/mol. The van der Waals surface area contributed by atoms with E-state index in [1.807, 2.05) is 0 Å². The topological polar surface area (TPSA) is 41.1 Å². The highest BCUT2D eigenvalue weighted by atomic mass is 16.1. The summed E-state index contributed by atoms with van der Waals surface area (Å²) in [6.07, 6.45) is 9.03. The summed E-state index contributed by atoms with van der Waals surface area (Å²) in [5, 5.41) is 6.43. The first kappa shape index (κ1) is 12.5. The summed E-state index contributed by atoms with van der Waals surface area (Å²) in [5.74, 6) is 0.236. The van der Waals surface area contributed by atoms with Crippen LogP contribution in [0.3, 0.4) is 0 Å². The Kier molecular flexibility index (Phi) is 7.26. The fourth-order valence-corrected chi connectivity index (χ4v) is 1.88. The van der Waals surface area contributed by atoms with Gasteiger partial charge in [0.1, 0.15) is 0 Å². The van der Waals surface area contributed by atoms with E-state index in [0.29, 0.717) is 6.42 Å². The fourth-order valence-electron chi connectivity index (χ4n) is 1.88. The lowest BCUT2D eigenvalue weighted by Crippen LogP contribution is -2.24. The van der Waals surface area contributed by atoms with Gasteiger partial charge < -0.3 is 10.6 Å². The molecule has 1 rings (SSSR count). The predicted octanol–water partition coefficient (Wildman–Crippen LogP) is 1.83. The number of carbonyl (C=O) groups excluding carboxylic acids is 1. The van der Waals surface area contributed by atoms with E-state index in [4.69, 9.17) is 0 Å². The van der Waals surface area contributed by atoms with Crippen LogP contribution in [0.25, 0.3) is 0 Å². The summed E-state index contributed by atoms with van der Waals surface area (Å²) in [4.78, 5) is 11.3. The number of amides is 1. The SMILES string of the molecule is O=C1CCCCCNCCCCCCN1. The Morgan fingerprint density at radius 3 is 2.07 bits per heavy atom. The number of hydrogen-bond donors (Lipinski definition) is 2. The molecule has 1 fully saturated rings. The largest absolute Gasteiger partial charge is 0.356 e. The number of carbonyl (C=O) groups is 1. The monoisotopic (exact) mass is 212 g/mol. The number of hydrogen-bond acceptors (Lipinski definition) is 2. The van der Waals surface area contributed by atoms with E-state index in [0.717, 1.165) is 32.5 Å². The first-order valence-corrected chi connectivity index (χ1v) is 6.37. The van der Waals surface area contributed by atoms with Gasteiger partial charge in [0.2, 0.25) is 5.91 Å². The van der Waals surface area contributed by atoms with Crippen LogP contribution in [0.5, 0.6) is 0 Å². The minimum atomic E-state index is 0.236. The zero-order valence-corrected chi connectivity index (χ0v) is 9.69. The van der Waals surface area contributed by atoms with Crippen molar-refractivity contribution >= 4 is 5.91 Å². The normalized spacial score (nSPS) is 22.8. The molecule has 1 saturated heterocycles. The second kappa shape index (κ2) is 8.72. The van der Waals surface area contributed by atoms with E-state index in [9.17, 15) is 4.79 Å². The lowest BCUT2D eigenvalue weighted by atomic mass is 10.1. The molecule has 3 nitrogen and oxygen atoms in total. The van der Waals surface area contributed by atoms with Gasteiger partial charge in [0, 0.05) is 13.0 Å². The van der Waals surface area contributed by atoms with Crippen molar-refractivity contribution in [1.29, 1.82) is 0 Å². The van der Waals surface area contributed by atoms with E-state index >= 15 is 0 Å². The smallest absolute Gasteiger partial charge is 0.219 e. The zero-order valence-electron chi connectivity index (χ0n) is 9.69. The van der Waals surface area contributed by atoms with Crippen LogP contribution >= 0.6 is 0 Å². The fraction of sp³-hybridized carbons (Fsp3) is 0.917. The van der Waals surface area contributed by atoms with Gasteiger partial charge in [-0.2, -0.15) is 0 Å². The summed E-state index contributed by atoms with van der Waals surface area (Å²) < 4.78 is 0. The van der Waals surface area contributed by atoms with E-state index < -0.39 is 0 Å². The molecule has 0 aromatic heterocycles. The van der Waals surface area contributed by atoms with E-state index in [-0.39, 0.29) is 5.91 Å². The van der Waals surface area contributed by atoms with Crippen LogP contribution in [-0.4, -0.2) is 25.5 Å². The van der Waals surface area contributed by atoms with Gasteiger partial charge in [-0.1, -0.05) is 19.3 Å². The van der Waals surface area contributed by atoms with Crippen LogP contribution in [0.1, 0.15) is 51.4 Å². The second-order valence-electron chi connectivity index (χ2n) is 4.32. The van der Waals surface area contributed by atoms with Crippen molar-refractivity contribution < 1.29 is 4.79 Å². The van der Waals surface area contributed by atoms with E-state index in [2.05, 4.69) is 10.6 Å². The zero-order chi connectivity index (χ0) is 10.8. The van der Waals surface area contributed by atoms with Crippen LogP contribution in [0.4, 0.5) is 0 Å². The molecule has 0 radical (unpaired) electrons. The van der Waals surface area contributed by atoms with Crippen LogP contribution in [0.2, 0.25) is 0 Å². The molecule has 0 bridgehead atoms. The standard InChI is InChI=1S/C12H24N2O/c15-12-8-4-3-6-10-13-9-5-1-2-7-11-14-12/h13H,1-11H2,(H,14,15). The average molecular weight is 212 g/mol. The van der Waals surface area contributed by atoms with E-state index in [1.54, 1.807) is 0 Å². The molecule has 88 valence electrons. The highest BCUT2D eigenvalue weighted by molar-refractivity contribution is 5.75. The predicted molar refractivity (Wildman–Crippen MR) is 62.8 cm³/mol. The highest BCUT2D eigenvalue weighted by Crippen LogP contribution is 2.02. The summed E-state index contributed by atoms with van der Waals surface area (Å²) in [6.45, 7) is 3.14. The maximum atomic E-state index is 11.3. The molecule has 15 heavy (non-hydrogen) atoms. The summed E-state index contributed by atoms with van der Waals surface area (Å²) in [5.41, 5.74) is 0. The van der Waals surface area contributed by atoms with Crippen molar-refractivity contribution in [3.05, 3.63) is 0 Å². The molecule has 0 unspecified atom stereocenters. The molecule has 1 aliphatic rings. The Balaban J connectivity index is 2.13. The van der Waals surface area contributed by atoms with Crippen molar-refractivity contribution in [3.8, 4) is 0 Å². The quantitative estimate of drug-likeness (QED) is 0.643. The third-order valence-corrected chi connectivity index (χ3v) is 2.86. The van der Waals surface area contributed by atoms with Crippen molar-refractivity contribution in [2.75, 3.05) is 19.6 Å². The molecule has 0 atom stereocenters. The third-order valence-electron chi connectivity index (χ3n) is 2.86. The Labute approximate surface area is 93.0 Å². The first-order valence-electron chi connectivity index (χ1n) is 6.37. The van der Waals surface area contributed by atoms with E-state index in [1.165, 1.54) is 32.1 Å². The van der Waals surface area contributed by atoms with Crippen molar-refractivity contribution in [1.82, 2.24) is 10.6 Å². The minimum Gasteiger partial charge on any atom is -0.356 e. The first-order chi connectivity index (χ1) is 7.39. The average Bonchev–Trinajstić information content (AvgIpc) is 2.24. The number of nitrogens with one attached hydrogen (secondary N) is 2. The summed E-state index contributed by atoms with van der Waals surface area (Å²) in [7, 11) is 0.